The van der Waals surface area contributed by atoms with Crippen LogP contribution >= 0.6 is 11.8 Å². The van der Waals surface area contributed by atoms with Gasteiger partial charge in [-0.1, -0.05) is 0 Å². The molecule has 32 heavy (non-hydrogen) atoms. The third kappa shape index (κ3) is 10.7. The molecule has 0 heterocycles. The van der Waals surface area contributed by atoms with Gasteiger partial charge in [-0.05, 0) is 38.7 Å². The van der Waals surface area contributed by atoms with Crippen LogP contribution in [0.1, 0.15) is 33.1 Å². The number of nitrogens with two attached hydrogens (primary N) is 2. The first-order valence-corrected chi connectivity index (χ1v) is 11.2. The van der Waals surface area contributed by atoms with Gasteiger partial charge in [0.2, 0.25) is 23.6 Å². The summed E-state index contributed by atoms with van der Waals surface area (Å²) in [6.45, 7) is 2.47. The fourth-order valence-electron chi connectivity index (χ4n) is 2.46. The van der Waals surface area contributed by atoms with Crippen molar-refractivity contribution in [3.63, 3.8) is 0 Å². The zero-order chi connectivity index (χ0) is 25.0. The molecule has 10 N–H and O–H groups in total. The Labute approximate surface area is 190 Å². The Kier molecular flexibility index (Phi) is 13.5. The van der Waals surface area contributed by atoms with Crippen LogP contribution in [0.15, 0.2) is 0 Å². The lowest BCUT2D eigenvalue weighted by atomic mass is 10.1. The number of carboxylic acid groups (broad SMARTS) is 1. The maximum Gasteiger partial charge on any atom is 0.326 e. The van der Waals surface area contributed by atoms with E-state index in [-0.39, 0.29) is 19.3 Å². The van der Waals surface area contributed by atoms with Gasteiger partial charge in [-0.3, -0.25) is 19.2 Å². The van der Waals surface area contributed by atoms with Crippen LogP contribution in [0.25, 0.3) is 0 Å². The molecule has 6 unspecified atom stereocenters. The van der Waals surface area contributed by atoms with Crippen LogP contribution in [0.5, 0.6) is 0 Å². The Morgan fingerprint density at radius 1 is 0.875 bits per heavy atom. The summed E-state index contributed by atoms with van der Waals surface area (Å²) < 4.78 is 0. The summed E-state index contributed by atoms with van der Waals surface area (Å²) in [6, 6.07) is -5.50. The fraction of sp³-hybridized carbons (Fsp3) is 0.722. The van der Waals surface area contributed by atoms with Gasteiger partial charge in [-0.15, -0.1) is 0 Å². The molecule has 13 nitrogen and oxygen atoms in total. The third-order valence-electron chi connectivity index (χ3n) is 4.42. The lowest BCUT2D eigenvalue weighted by Crippen LogP contribution is -2.60. The van der Waals surface area contributed by atoms with Crippen molar-refractivity contribution >= 4 is 41.4 Å². The number of amides is 4. The van der Waals surface area contributed by atoms with Gasteiger partial charge in [0, 0.05) is 6.42 Å². The van der Waals surface area contributed by atoms with Crippen molar-refractivity contribution in [1.82, 2.24) is 16.0 Å². The highest BCUT2D eigenvalue weighted by molar-refractivity contribution is 7.98. The normalized spacial score (nSPS) is 16.6. The first kappa shape index (κ1) is 29.6. The average molecular weight is 480 g/mol. The van der Waals surface area contributed by atoms with Gasteiger partial charge in [-0.25, -0.2) is 4.79 Å². The quantitative estimate of drug-likeness (QED) is 0.116. The number of thioether (sulfide) groups is 1. The summed E-state index contributed by atoms with van der Waals surface area (Å²) in [5.74, 6) is -4.33. The highest BCUT2D eigenvalue weighted by Crippen LogP contribution is 2.05. The fourth-order valence-corrected chi connectivity index (χ4v) is 2.93. The summed E-state index contributed by atoms with van der Waals surface area (Å²) in [5.41, 5.74) is 10.6. The molecular weight excluding hydrogens is 446 g/mol. The number of carbonyl (C=O) groups is 5. The standard InChI is InChI=1S/C18H33N5O8S/c1-8(24)13(20)16(28)23-14(9(2)25)17(29)21-10(4-5-12(19)26)15(27)22-11(18(30)31)6-7-32-3/h8-11,13-14,24-25H,4-7,20H2,1-3H3,(H2,19,26)(H,21,29)(H,22,27)(H,23,28)(H,30,31). The highest BCUT2D eigenvalue weighted by atomic mass is 32.2. The Morgan fingerprint density at radius 3 is 1.88 bits per heavy atom. The second-order valence-corrected chi connectivity index (χ2v) is 8.23. The zero-order valence-electron chi connectivity index (χ0n) is 18.2. The lowest BCUT2D eigenvalue weighted by molar-refractivity contribution is -0.142. The van der Waals surface area contributed by atoms with E-state index in [0.717, 1.165) is 0 Å². The van der Waals surface area contributed by atoms with Gasteiger partial charge in [0.1, 0.15) is 24.2 Å². The molecule has 0 bridgehead atoms. The molecule has 6 atom stereocenters. The summed E-state index contributed by atoms with van der Waals surface area (Å²) in [6.07, 6.45) is -1.27. The molecule has 14 heteroatoms. The summed E-state index contributed by atoms with van der Waals surface area (Å²) in [7, 11) is 0. The van der Waals surface area contributed by atoms with Crippen molar-refractivity contribution in [2.45, 2.75) is 69.5 Å². The van der Waals surface area contributed by atoms with Crippen molar-refractivity contribution < 1.29 is 39.3 Å². The van der Waals surface area contributed by atoms with Gasteiger partial charge >= 0.3 is 5.97 Å². The minimum Gasteiger partial charge on any atom is -0.480 e. The number of aliphatic hydroxyl groups excluding tert-OH is 2. The number of hydrogen-bond donors (Lipinski definition) is 8. The number of primary amides is 1. The predicted octanol–water partition coefficient (Wildman–Crippen LogP) is -3.37. The topological polar surface area (TPSA) is 234 Å². The number of carbonyl (C=O) groups excluding carboxylic acids is 4. The lowest BCUT2D eigenvalue weighted by Gasteiger charge is -2.26. The second kappa shape index (κ2) is 14.6. The van der Waals surface area contributed by atoms with E-state index >= 15 is 0 Å². The first-order valence-electron chi connectivity index (χ1n) is 9.84. The Balaban J connectivity index is 5.47. The molecule has 0 aromatic carbocycles. The molecule has 0 rings (SSSR count). The predicted molar refractivity (Wildman–Crippen MR) is 116 cm³/mol. The van der Waals surface area contributed by atoms with Gasteiger partial charge in [0.25, 0.3) is 0 Å². The Hall–Kier alpha value is -2.42. The van der Waals surface area contributed by atoms with Crippen molar-refractivity contribution in [3.05, 3.63) is 0 Å². The van der Waals surface area contributed by atoms with E-state index in [1.54, 1.807) is 6.26 Å². The third-order valence-corrected chi connectivity index (χ3v) is 5.07. The summed E-state index contributed by atoms with van der Waals surface area (Å²) in [5, 5.41) is 35.4. The Bertz CT molecular complexity index is 676. The molecular formula is C18H33N5O8S. The van der Waals surface area contributed by atoms with Gasteiger partial charge in [-0.2, -0.15) is 11.8 Å². The minimum atomic E-state index is -1.54. The van der Waals surface area contributed by atoms with Gasteiger partial charge < -0.3 is 42.7 Å². The van der Waals surface area contributed by atoms with Crippen LogP contribution in [0, 0.1) is 0 Å². The van der Waals surface area contributed by atoms with Crippen molar-refractivity contribution in [3.8, 4) is 0 Å². The largest absolute Gasteiger partial charge is 0.480 e. The van der Waals surface area contributed by atoms with Crippen LogP contribution in [-0.4, -0.2) is 93.3 Å². The van der Waals surface area contributed by atoms with Crippen LogP contribution in [0.2, 0.25) is 0 Å². The van der Waals surface area contributed by atoms with E-state index in [0.29, 0.717) is 5.75 Å². The summed E-state index contributed by atoms with van der Waals surface area (Å²) >= 11 is 1.38. The van der Waals surface area contributed by atoms with Gasteiger partial charge in [0.15, 0.2) is 0 Å². The van der Waals surface area contributed by atoms with Gasteiger partial charge in [0.05, 0.1) is 12.2 Å². The van der Waals surface area contributed by atoms with E-state index in [4.69, 9.17) is 11.5 Å². The molecule has 0 aliphatic rings. The number of nitrogens with one attached hydrogen (secondary N) is 3. The highest BCUT2D eigenvalue weighted by Gasteiger charge is 2.33. The Morgan fingerprint density at radius 2 is 1.44 bits per heavy atom. The molecule has 4 amide bonds. The van der Waals surface area contributed by atoms with Crippen molar-refractivity contribution in [2.24, 2.45) is 11.5 Å². The van der Waals surface area contributed by atoms with Crippen molar-refractivity contribution in [2.75, 3.05) is 12.0 Å². The molecule has 0 saturated carbocycles. The number of aliphatic carboxylic acids is 1. The first-order chi connectivity index (χ1) is 14.8. The molecule has 0 aliphatic heterocycles. The van der Waals surface area contributed by atoms with Crippen LogP contribution < -0.4 is 27.4 Å². The van der Waals surface area contributed by atoms with E-state index in [2.05, 4.69) is 16.0 Å². The maximum atomic E-state index is 12.7. The SMILES string of the molecule is CSCCC(NC(=O)C(CCC(N)=O)NC(=O)C(NC(=O)C(N)C(C)O)C(C)O)C(=O)O. The number of hydrogen-bond acceptors (Lipinski definition) is 9. The zero-order valence-corrected chi connectivity index (χ0v) is 19.1. The van der Waals surface area contributed by atoms with E-state index in [1.165, 1.54) is 25.6 Å². The molecule has 0 fully saturated rings. The second-order valence-electron chi connectivity index (χ2n) is 7.24. The molecule has 0 aromatic heterocycles. The van der Waals surface area contributed by atoms with Crippen LogP contribution in [0.3, 0.4) is 0 Å². The molecule has 184 valence electrons. The number of carboxylic acids is 1. The van der Waals surface area contributed by atoms with E-state index < -0.39 is 66.0 Å². The number of aliphatic hydroxyl groups is 2. The molecule has 0 aliphatic carbocycles. The number of rotatable bonds is 15. The summed E-state index contributed by atoms with van der Waals surface area (Å²) in [4.78, 5) is 59.9. The molecule has 0 radical (unpaired) electrons. The smallest absolute Gasteiger partial charge is 0.326 e. The molecule has 0 spiro atoms. The molecule has 0 aromatic rings. The minimum absolute atomic E-state index is 0.127. The van der Waals surface area contributed by atoms with Crippen molar-refractivity contribution in [1.29, 1.82) is 0 Å². The van der Waals surface area contributed by atoms with E-state index in [9.17, 15) is 39.3 Å². The maximum absolute atomic E-state index is 12.7. The van der Waals surface area contributed by atoms with Crippen LogP contribution in [-0.2, 0) is 24.0 Å². The average Bonchev–Trinajstić information content (AvgIpc) is 2.70. The molecule has 0 saturated heterocycles. The monoisotopic (exact) mass is 479 g/mol. The van der Waals surface area contributed by atoms with Crippen LogP contribution in [0.4, 0.5) is 0 Å². The van der Waals surface area contributed by atoms with E-state index in [1.807, 2.05) is 0 Å².